The maximum absolute atomic E-state index is 15.5. The molecule has 1 amide bonds. The van der Waals surface area contributed by atoms with E-state index in [1.54, 1.807) is 74.5 Å². The molecule has 11 atom stereocenters. The van der Waals surface area contributed by atoms with E-state index < -0.39 is 113 Å². The van der Waals surface area contributed by atoms with Crippen molar-refractivity contribution in [3.8, 4) is 0 Å². The number of nitrogens with zero attached hydrogens (tertiary/aromatic N) is 1. The summed E-state index contributed by atoms with van der Waals surface area (Å²) in [6.45, 7) is 7.92. The number of aliphatic hydroxyl groups excluding tert-OH is 2. The number of carbonyl (C=O) groups excluding carboxylic acids is 6. The average Bonchev–Trinajstić information content (AvgIpc) is 3.24. The lowest BCUT2D eigenvalue weighted by Crippen LogP contribution is -2.82. The van der Waals surface area contributed by atoms with E-state index in [-0.39, 0.29) is 41.0 Å². The Kier molecular flexibility index (Phi) is 11.8. The van der Waals surface area contributed by atoms with E-state index in [1.807, 2.05) is 0 Å². The normalized spacial score (nSPS) is 31.9. The lowest BCUT2D eigenvalue weighted by atomic mass is 9.44. The number of hydrogen-bond donors (Lipinski definition) is 4. The highest BCUT2D eigenvalue weighted by molar-refractivity contribution is 5.96. The third kappa shape index (κ3) is 7.27. The number of ketones is 1. The summed E-state index contributed by atoms with van der Waals surface area (Å²) in [6.07, 6.45) is -9.23. The molecule has 3 aliphatic carbocycles. The molecule has 4 N–H and O–H groups in total. The zero-order chi connectivity index (χ0) is 44.9. The van der Waals surface area contributed by atoms with Crippen molar-refractivity contribution in [2.45, 2.75) is 108 Å². The summed E-state index contributed by atoms with van der Waals surface area (Å²) >= 11 is 0. The molecule has 3 fully saturated rings. The van der Waals surface area contributed by atoms with Crippen LogP contribution in [-0.2, 0) is 42.9 Å². The number of carbonyl (C=O) groups is 6. The summed E-state index contributed by atoms with van der Waals surface area (Å²) in [6, 6.07) is 19.2. The molecule has 1 unspecified atom stereocenters. The summed E-state index contributed by atoms with van der Waals surface area (Å²) in [5.74, 6) is -6.96. The van der Waals surface area contributed by atoms with Crippen LogP contribution in [-0.4, -0.2) is 110 Å². The van der Waals surface area contributed by atoms with Crippen molar-refractivity contribution in [1.82, 2.24) is 10.3 Å². The standard InChI is InChI=1S/C46H50N2O14/c1-24-30(60-42(56)35(52)34(29-19-13-14-20-47-29)48-40(54)27-15-9-7-10-16-27)22-46(57)39(61-41(55)28-17-11-8-12-18-28)37-44(6,31(51)21-32-45(37,23-58-32)62-26(3)50)38(53)36(59-25(2)49)33(24)43(46,4)5/h7-20,30-32,34-37,39,51-52,57H,21-23H2,1-6H3,(H,48,54)/t30-,31-,32?,34+,35+,36+,37-,39-,44+,45-,46+/m0/s1. The zero-order valence-electron chi connectivity index (χ0n) is 35.1. The van der Waals surface area contributed by atoms with Crippen molar-refractivity contribution >= 4 is 35.6 Å². The van der Waals surface area contributed by atoms with Crippen LogP contribution in [0.3, 0.4) is 0 Å². The number of aliphatic hydroxyl groups is 3. The molecule has 0 radical (unpaired) electrons. The number of hydrogen-bond acceptors (Lipinski definition) is 15. The largest absolute Gasteiger partial charge is 0.456 e. The molecule has 62 heavy (non-hydrogen) atoms. The van der Waals surface area contributed by atoms with Gasteiger partial charge in [0.1, 0.15) is 30.0 Å². The predicted molar refractivity (Wildman–Crippen MR) is 215 cm³/mol. The number of rotatable bonds is 10. The van der Waals surface area contributed by atoms with Gasteiger partial charge in [0.05, 0.1) is 35.3 Å². The number of benzene rings is 2. The van der Waals surface area contributed by atoms with Crippen LogP contribution in [0.15, 0.2) is 96.2 Å². The van der Waals surface area contributed by atoms with E-state index in [4.69, 9.17) is 23.7 Å². The number of fused-ring (bicyclic) bond motifs is 5. The Morgan fingerprint density at radius 2 is 1.50 bits per heavy atom. The third-order valence-corrected chi connectivity index (χ3v) is 13.3. The molecule has 2 heterocycles. The van der Waals surface area contributed by atoms with E-state index in [2.05, 4.69) is 10.3 Å². The van der Waals surface area contributed by atoms with Gasteiger partial charge >= 0.3 is 23.9 Å². The number of esters is 4. The van der Waals surface area contributed by atoms with Gasteiger partial charge < -0.3 is 44.3 Å². The van der Waals surface area contributed by atoms with E-state index in [0.717, 1.165) is 13.8 Å². The van der Waals surface area contributed by atoms with Crippen LogP contribution in [0.25, 0.3) is 0 Å². The molecule has 2 bridgehead atoms. The van der Waals surface area contributed by atoms with Gasteiger partial charge in [-0.25, -0.2) is 9.59 Å². The molecular formula is C46H50N2O14. The summed E-state index contributed by atoms with van der Waals surface area (Å²) in [4.78, 5) is 87.6. The Labute approximate surface area is 357 Å². The number of aromatic nitrogens is 1. The van der Waals surface area contributed by atoms with Gasteiger partial charge in [0.15, 0.2) is 23.6 Å². The van der Waals surface area contributed by atoms with Crippen LogP contribution in [0.5, 0.6) is 0 Å². The Bertz CT molecular complexity index is 2290. The SMILES string of the molecule is CC(=O)O[C@H]1C(=O)[C@]2(C)[C@@H](O)CC3OC[C@@]3(OC(C)=O)[C@H]2[C@H](OC(=O)c2ccccc2)[C@]2(O)C[C@H](OC(=O)[C@H](O)[C@H](NC(=O)c3ccccc3)c3ccccn3)C(C)=C1C2(C)C. The van der Waals surface area contributed by atoms with E-state index in [0.29, 0.717) is 0 Å². The molecule has 1 aliphatic heterocycles. The number of pyridine rings is 1. The number of Topliss-reactive ketones (excluding diaryl/α,β-unsaturated/α-hetero) is 1. The molecule has 0 spiro atoms. The topological polar surface area (TPSA) is 234 Å². The van der Waals surface area contributed by atoms with Crippen molar-refractivity contribution in [3.63, 3.8) is 0 Å². The van der Waals surface area contributed by atoms with Gasteiger partial charge in [-0.15, -0.1) is 0 Å². The smallest absolute Gasteiger partial charge is 0.338 e. The number of nitrogens with one attached hydrogen (secondary N) is 1. The van der Waals surface area contributed by atoms with Gasteiger partial charge in [-0.05, 0) is 61.4 Å². The first-order valence-electron chi connectivity index (χ1n) is 20.3. The first kappa shape index (κ1) is 44.3. The fourth-order valence-electron chi connectivity index (χ4n) is 10.1. The highest BCUT2D eigenvalue weighted by atomic mass is 16.6. The first-order valence-corrected chi connectivity index (χ1v) is 20.3. The lowest BCUT2D eigenvalue weighted by molar-refractivity contribution is -0.346. The highest BCUT2D eigenvalue weighted by Crippen LogP contribution is 2.64. The molecule has 16 heteroatoms. The van der Waals surface area contributed by atoms with E-state index >= 15 is 4.79 Å². The Hall–Kier alpha value is -5.81. The monoisotopic (exact) mass is 854 g/mol. The van der Waals surface area contributed by atoms with Crippen molar-refractivity contribution in [2.24, 2.45) is 16.7 Å². The van der Waals surface area contributed by atoms with Gasteiger partial charge in [-0.1, -0.05) is 56.3 Å². The van der Waals surface area contributed by atoms with Crippen molar-refractivity contribution in [1.29, 1.82) is 0 Å². The van der Waals surface area contributed by atoms with Crippen LogP contribution >= 0.6 is 0 Å². The van der Waals surface area contributed by atoms with Gasteiger partial charge in [0.25, 0.3) is 5.91 Å². The van der Waals surface area contributed by atoms with Crippen molar-refractivity contribution in [2.75, 3.05) is 6.61 Å². The summed E-state index contributed by atoms with van der Waals surface area (Å²) < 4.78 is 30.2. The molecule has 1 saturated heterocycles. The van der Waals surface area contributed by atoms with Crippen LogP contribution in [0.4, 0.5) is 0 Å². The third-order valence-electron chi connectivity index (χ3n) is 13.3. The minimum atomic E-state index is -2.40. The number of amides is 1. The van der Waals surface area contributed by atoms with Gasteiger partial charge in [0, 0.05) is 43.9 Å². The van der Waals surface area contributed by atoms with Crippen molar-refractivity contribution < 1.29 is 67.8 Å². The van der Waals surface area contributed by atoms with Crippen molar-refractivity contribution in [3.05, 3.63) is 113 Å². The van der Waals surface area contributed by atoms with Gasteiger partial charge in [-0.2, -0.15) is 0 Å². The van der Waals surface area contributed by atoms with E-state index in [1.165, 1.54) is 38.2 Å². The molecule has 1 aromatic heterocycles. The highest BCUT2D eigenvalue weighted by Gasteiger charge is 2.78. The Balaban J connectivity index is 1.39. The Morgan fingerprint density at radius 3 is 2.06 bits per heavy atom. The molecular weight excluding hydrogens is 805 g/mol. The molecule has 2 saturated carbocycles. The number of ether oxygens (including phenoxy) is 5. The minimum Gasteiger partial charge on any atom is -0.456 e. The fourth-order valence-corrected chi connectivity index (χ4v) is 10.1. The quantitative estimate of drug-likeness (QED) is 0.130. The van der Waals surface area contributed by atoms with Crippen LogP contribution in [0.2, 0.25) is 0 Å². The maximum atomic E-state index is 15.5. The molecule has 16 nitrogen and oxygen atoms in total. The van der Waals surface area contributed by atoms with Gasteiger partial charge in [-0.3, -0.25) is 24.2 Å². The predicted octanol–water partition coefficient (Wildman–Crippen LogP) is 3.13. The summed E-state index contributed by atoms with van der Waals surface area (Å²) in [7, 11) is 0. The summed E-state index contributed by atoms with van der Waals surface area (Å²) in [5, 5.41) is 40.1. The second kappa shape index (κ2) is 16.5. The molecule has 7 rings (SSSR count). The second-order valence-electron chi connectivity index (χ2n) is 17.2. The van der Waals surface area contributed by atoms with Crippen LogP contribution < -0.4 is 5.32 Å². The molecule has 3 aromatic rings. The maximum Gasteiger partial charge on any atom is 0.338 e. The summed E-state index contributed by atoms with van der Waals surface area (Å²) in [5.41, 5.74) is -7.37. The average molecular weight is 855 g/mol. The van der Waals surface area contributed by atoms with E-state index in [9.17, 15) is 39.3 Å². The Morgan fingerprint density at radius 1 is 0.871 bits per heavy atom. The lowest BCUT2D eigenvalue weighted by Gasteiger charge is -2.67. The minimum absolute atomic E-state index is 0.0152. The molecule has 2 aromatic carbocycles. The van der Waals surface area contributed by atoms with Gasteiger partial charge in [0.2, 0.25) is 0 Å². The second-order valence-corrected chi connectivity index (χ2v) is 17.2. The van der Waals surface area contributed by atoms with Crippen LogP contribution in [0.1, 0.15) is 86.8 Å². The fraction of sp³-hybridized carbons (Fsp3) is 0.457. The molecule has 4 aliphatic rings. The first-order chi connectivity index (χ1) is 29.3. The molecule has 328 valence electrons. The zero-order valence-corrected chi connectivity index (χ0v) is 35.1. The van der Waals surface area contributed by atoms with Crippen LogP contribution in [0, 0.1) is 16.7 Å².